The molecule has 140 valence electrons. The SMILES string of the molecule is Cc1c(C(=O)NCc2ccccc2Cl)cnn1-c1cccc(C(F)(F)F)c1. The largest absolute Gasteiger partial charge is 0.416 e. The van der Waals surface area contributed by atoms with E-state index < -0.39 is 11.7 Å². The van der Waals surface area contributed by atoms with Gasteiger partial charge in [0.2, 0.25) is 0 Å². The molecule has 3 aromatic rings. The van der Waals surface area contributed by atoms with E-state index in [1.807, 2.05) is 6.07 Å². The maximum absolute atomic E-state index is 12.9. The average Bonchev–Trinajstić information content (AvgIpc) is 3.02. The minimum Gasteiger partial charge on any atom is -0.348 e. The topological polar surface area (TPSA) is 46.9 Å². The van der Waals surface area contributed by atoms with Gasteiger partial charge in [0.1, 0.15) is 0 Å². The Morgan fingerprint density at radius 3 is 2.63 bits per heavy atom. The molecule has 0 unspecified atom stereocenters. The third-order valence-electron chi connectivity index (χ3n) is 4.07. The summed E-state index contributed by atoms with van der Waals surface area (Å²) in [6, 6.07) is 11.9. The fraction of sp³-hybridized carbons (Fsp3) is 0.158. The van der Waals surface area contributed by atoms with E-state index >= 15 is 0 Å². The zero-order valence-corrected chi connectivity index (χ0v) is 15.0. The molecule has 2 aromatic carbocycles. The standard InChI is InChI=1S/C19H15ClF3N3O/c1-12-16(18(27)24-10-13-5-2-3-8-17(13)20)11-25-26(12)15-7-4-6-14(9-15)19(21,22)23/h2-9,11H,10H2,1H3,(H,24,27). The van der Waals surface area contributed by atoms with E-state index in [0.717, 1.165) is 17.7 Å². The first-order valence-electron chi connectivity index (χ1n) is 8.01. The van der Waals surface area contributed by atoms with E-state index in [4.69, 9.17) is 11.6 Å². The molecule has 0 bridgehead atoms. The quantitative estimate of drug-likeness (QED) is 0.693. The maximum atomic E-state index is 12.9. The molecule has 0 saturated heterocycles. The van der Waals surface area contributed by atoms with Crippen molar-refractivity contribution in [2.45, 2.75) is 19.6 Å². The van der Waals surface area contributed by atoms with Crippen molar-refractivity contribution in [1.82, 2.24) is 15.1 Å². The van der Waals surface area contributed by atoms with Crippen molar-refractivity contribution >= 4 is 17.5 Å². The summed E-state index contributed by atoms with van der Waals surface area (Å²) in [5, 5.41) is 7.34. The highest BCUT2D eigenvalue weighted by atomic mass is 35.5. The Bertz CT molecular complexity index is 982. The molecule has 0 saturated carbocycles. The van der Waals surface area contributed by atoms with Crippen molar-refractivity contribution in [1.29, 1.82) is 0 Å². The van der Waals surface area contributed by atoms with Gasteiger partial charge in [0.25, 0.3) is 5.91 Å². The number of carbonyl (C=O) groups excluding carboxylic acids is 1. The second-order valence-electron chi connectivity index (χ2n) is 5.88. The van der Waals surface area contributed by atoms with Gasteiger partial charge in [0, 0.05) is 11.6 Å². The Labute approximate surface area is 158 Å². The smallest absolute Gasteiger partial charge is 0.348 e. The van der Waals surface area contributed by atoms with Crippen molar-refractivity contribution in [3.05, 3.63) is 82.1 Å². The molecule has 3 rings (SSSR count). The molecule has 0 aliphatic carbocycles. The molecule has 0 radical (unpaired) electrons. The van der Waals surface area contributed by atoms with Crippen molar-refractivity contribution in [3.63, 3.8) is 0 Å². The molecular formula is C19H15ClF3N3O. The minimum atomic E-state index is -4.45. The molecule has 0 aliphatic rings. The number of nitrogens with one attached hydrogen (secondary N) is 1. The van der Waals surface area contributed by atoms with Gasteiger partial charge >= 0.3 is 6.18 Å². The first kappa shape index (κ1) is 19.0. The maximum Gasteiger partial charge on any atom is 0.416 e. The van der Waals surface area contributed by atoms with E-state index in [1.165, 1.54) is 23.0 Å². The van der Waals surface area contributed by atoms with Crippen molar-refractivity contribution in [2.75, 3.05) is 0 Å². The molecule has 0 spiro atoms. The van der Waals surface area contributed by atoms with Gasteiger partial charge in [-0.2, -0.15) is 18.3 Å². The van der Waals surface area contributed by atoms with E-state index in [2.05, 4.69) is 10.4 Å². The first-order valence-corrected chi connectivity index (χ1v) is 8.39. The molecule has 0 aliphatic heterocycles. The number of hydrogen-bond donors (Lipinski definition) is 1. The summed E-state index contributed by atoms with van der Waals surface area (Å²) in [5.41, 5.74) is 0.924. The first-order chi connectivity index (χ1) is 12.8. The van der Waals surface area contributed by atoms with Gasteiger partial charge in [0.15, 0.2) is 0 Å². The lowest BCUT2D eigenvalue weighted by atomic mass is 10.2. The van der Waals surface area contributed by atoms with Gasteiger partial charge in [-0.15, -0.1) is 0 Å². The molecule has 1 N–H and O–H groups in total. The Kier molecular flexibility index (Phi) is 5.23. The number of benzene rings is 2. The summed E-state index contributed by atoms with van der Waals surface area (Å²) >= 11 is 6.06. The summed E-state index contributed by atoms with van der Waals surface area (Å²) in [6.07, 6.45) is -3.12. The molecule has 1 amide bonds. The highest BCUT2D eigenvalue weighted by Gasteiger charge is 2.30. The van der Waals surface area contributed by atoms with Crippen molar-refractivity contribution < 1.29 is 18.0 Å². The summed E-state index contributed by atoms with van der Waals surface area (Å²) in [7, 11) is 0. The molecule has 4 nitrogen and oxygen atoms in total. The second kappa shape index (κ2) is 7.44. The number of carbonyl (C=O) groups is 1. The number of rotatable bonds is 4. The second-order valence-corrected chi connectivity index (χ2v) is 6.28. The average molecular weight is 394 g/mol. The molecule has 8 heteroatoms. The minimum absolute atomic E-state index is 0.229. The van der Waals surface area contributed by atoms with Crippen LogP contribution in [0.15, 0.2) is 54.7 Å². The van der Waals surface area contributed by atoms with Gasteiger partial charge in [-0.25, -0.2) is 4.68 Å². The fourth-order valence-electron chi connectivity index (χ4n) is 2.62. The molecule has 1 heterocycles. The zero-order valence-electron chi connectivity index (χ0n) is 14.2. The Balaban J connectivity index is 1.81. The van der Waals surface area contributed by atoms with Crippen LogP contribution >= 0.6 is 11.6 Å². The van der Waals surface area contributed by atoms with E-state index in [1.54, 1.807) is 25.1 Å². The number of nitrogens with zero attached hydrogens (tertiary/aromatic N) is 2. The Hall–Kier alpha value is -2.80. The van der Waals surface area contributed by atoms with Crippen LogP contribution in [0.25, 0.3) is 5.69 Å². The third kappa shape index (κ3) is 4.14. The summed E-state index contributed by atoms with van der Waals surface area (Å²) in [4.78, 5) is 12.4. The molecule has 0 fully saturated rings. The number of halogens is 4. The van der Waals surface area contributed by atoms with Crippen LogP contribution < -0.4 is 5.32 Å². The van der Waals surface area contributed by atoms with Crippen molar-refractivity contribution in [3.8, 4) is 5.69 Å². The predicted octanol–water partition coefficient (Wildman–Crippen LogP) is 4.78. The van der Waals surface area contributed by atoms with Gasteiger partial charge < -0.3 is 5.32 Å². The molecule has 27 heavy (non-hydrogen) atoms. The molecular weight excluding hydrogens is 379 g/mol. The van der Waals surface area contributed by atoms with Gasteiger partial charge in [0.05, 0.1) is 28.7 Å². The number of alkyl halides is 3. The number of hydrogen-bond acceptors (Lipinski definition) is 2. The van der Waals surface area contributed by atoms with Crippen LogP contribution in [0, 0.1) is 6.92 Å². The van der Waals surface area contributed by atoms with Crippen LogP contribution in [-0.2, 0) is 12.7 Å². The summed E-state index contributed by atoms with van der Waals surface area (Å²) < 4.78 is 40.0. The Morgan fingerprint density at radius 1 is 1.19 bits per heavy atom. The lowest BCUT2D eigenvalue weighted by molar-refractivity contribution is -0.137. The summed E-state index contributed by atoms with van der Waals surface area (Å²) in [6.45, 7) is 1.85. The van der Waals surface area contributed by atoms with Crippen LogP contribution in [0.5, 0.6) is 0 Å². The summed E-state index contributed by atoms with van der Waals surface area (Å²) in [5.74, 6) is -0.384. The van der Waals surface area contributed by atoms with Crippen LogP contribution in [0.3, 0.4) is 0 Å². The van der Waals surface area contributed by atoms with Gasteiger partial charge in [-0.05, 0) is 36.8 Å². The highest BCUT2D eigenvalue weighted by Crippen LogP contribution is 2.30. The molecule has 0 atom stereocenters. The van der Waals surface area contributed by atoms with Gasteiger partial charge in [-0.1, -0.05) is 35.9 Å². The third-order valence-corrected chi connectivity index (χ3v) is 4.44. The molecule has 1 aromatic heterocycles. The van der Waals surface area contributed by atoms with Gasteiger partial charge in [-0.3, -0.25) is 4.79 Å². The van der Waals surface area contributed by atoms with E-state index in [-0.39, 0.29) is 23.7 Å². The lowest BCUT2D eigenvalue weighted by Gasteiger charge is -2.10. The zero-order chi connectivity index (χ0) is 19.6. The predicted molar refractivity (Wildman–Crippen MR) is 95.9 cm³/mol. The lowest BCUT2D eigenvalue weighted by Crippen LogP contribution is -2.23. The van der Waals surface area contributed by atoms with Crippen molar-refractivity contribution in [2.24, 2.45) is 0 Å². The van der Waals surface area contributed by atoms with Crippen LogP contribution in [0.4, 0.5) is 13.2 Å². The van der Waals surface area contributed by atoms with E-state index in [9.17, 15) is 18.0 Å². The fourth-order valence-corrected chi connectivity index (χ4v) is 2.82. The van der Waals surface area contributed by atoms with Crippen LogP contribution in [-0.4, -0.2) is 15.7 Å². The monoisotopic (exact) mass is 393 g/mol. The van der Waals surface area contributed by atoms with Crippen LogP contribution in [0.1, 0.15) is 27.2 Å². The normalized spacial score (nSPS) is 11.4. The van der Waals surface area contributed by atoms with Crippen LogP contribution in [0.2, 0.25) is 5.02 Å². The van der Waals surface area contributed by atoms with E-state index in [0.29, 0.717) is 10.7 Å². The Morgan fingerprint density at radius 2 is 1.93 bits per heavy atom. The highest BCUT2D eigenvalue weighted by molar-refractivity contribution is 6.31. The number of aromatic nitrogens is 2. The number of amides is 1.